The summed E-state index contributed by atoms with van der Waals surface area (Å²) in [5.41, 5.74) is 2.64. The Hall–Kier alpha value is -1.88. The molecular formula is C18H23FN2O2. The van der Waals surface area contributed by atoms with Crippen molar-refractivity contribution < 1.29 is 13.9 Å². The van der Waals surface area contributed by atoms with Crippen LogP contribution in [0, 0.1) is 5.82 Å². The number of carbonyl (C=O) groups is 1. The van der Waals surface area contributed by atoms with Crippen LogP contribution in [0.4, 0.5) is 10.1 Å². The first-order valence-corrected chi connectivity index (χ1v) is 8.27. The first-order chi connectivity index (χ1) is 11.1. The molecule has 1 aromatic carbocycles. The van der Waals surface area contributed by atoms with Gasteiger partial charge in [-0.3, -0.25) is 4.79 Å². The van der Waals surface area contributed by atoms with Crippen molar-refractivity contribution in [2.75, 3.05) is 31.2 Å². The van der Waals surface area contributed by atoms with E-state index in [2.05, 4.69) is 10.2 Å². The van der Waals surface area contributed by atoms with E-state index >= 15 is 0 Å². The van der Waals surface area contributed by atoms with Gasteiger partial charge in [0, 0.05) is 29.9 Å². The lowest BCUT2D eigenvalue weighted by atomic mass is 10.0. The minimum atomic E-state index is -0.279. The summed E-state index contributed by atoms with van der Waals surface area (Å²) in [5.74, 6) is -0.314. The molecule has 1 aliphatic carbocycles. The third-order valence-electron chi connectivity index (χ3n) is 4.49. The average molecular weight is 318 g/mol. The topological polar surface area (TPSA) is 41.6 Å². The summed E-state index contributed by atoms with van der Waals surface area (Å²) in [7, 11) is 0. The van der Waals surface area contributed by atoms with Gasteiger partial charge in [0.15, 0.2) is 0 Å². The Morgan fingerprint density at radius 1 is 1.35 bits per heavy atom. The zero-order valence-electron chi connectivity index (χ0n) is 13.5. The molecule has 23 heavy (non-hydrogen) atoms. The van der Waals surface area contributed by atoms with E-state index in [-0.39, 0.29) is 17.8 Å². The van der Waals surface area contributed by atoms with Gasteiger partial charge >= 0.3 is 0 Å². The van der Waals surface area contributed by atoms with Gasteiger partial charge in [0.05, 0.1) is 19.3 Å². The molecule has 1 aromatic rings. The van der Waals surface area contributed by atoms with E-state index in [1.54, 1.807) is 6.07 Å². The van der Waals surface area contributed by atoms with Gasteiger partial charge in [-0.05, 0) is 44.4 Å². The molecule has 2 aliphatic rings. The van der Waals surface area contributed by atoms with Crippen molar-refractivity contribution in [2.24, 2.45) is 0 Å². The van der Waals surface area contributed by atoms with Crippen molar-refractivity contribution in [3.8, 4) is 0 Å². The van der Waals surface area contributed by atoms with Crippen molar-refractivity contribution in [1.82, 2.24) is 5.32 Å². The van der Waals surface area contributed by atoms with E-state index in [0.29, 0.717) is 13.2 Å². The van der Waals surface area contributed by atoms with Crippen LogP contribution in [0.25, 0.3) is 0 Å². The number of morpholine rings is 1. The number of hydrogen-bond donors (Lipinski definition) is 1. The van der Waals surface area contributed by atoms with Crippen LogP contribution in [0.15, 0.2) is 29.8 Å². The fourth-order valence-corrected chi connectivity index (χ4v) is 3.21. The predicted octanol–water partition coefficient (Wildman–Crippen LogP) is 2.95. The Morgan fingerprint density at radius 3 is 2.83 bits per heavy atom. The smallest absolute Gasteiger partial charge is 0.247 e. The number of benzene rings is 1. The van der Waals surface area contributed by atoms with Crippen molar-refractivity contribution in [3.05, 3.63) is 41.2 Å². The highest BCUT2D eigenvalue weighted by atomic mass is 19.1. The molecular weight excluding hydrogens is 295 g/mol. The number of anilines is 1. The number of amides is 1. The Bertz CT molecular complexity index is 609. The molecule has 4 nitrogen and oxygen atoms in total. The summed E-state index contributed by atoms with van der Waals surface area (Å²) in [6.45, 7) is 4.82. The van der Waals surface area contributed by atoms with Gasteiger partial charge in [-0.1, -0.05) is 6.08 Å². The molecule has 0 bridgehead atoms. The number of halogens is 1. The largest absolute Gasteiger partial charge is 0.378 e. The van der Waals surface area contributed by atoms with E-state index in [0.717, 1.165) is 49.2 Å². The van der Waals surface area contributed by atoms with Crippen molar-refractivity contribution in [3.63, 3.8) is 0 Å². The molecule has 3 rings (SSSR count). The van der Waals surface area contributed by atoms with Crippen LogP contribution in [-0.4, -0.2) is 32.2 Å². The standard InChI is InChI=1S/C18H23FN2O2/c1-13(20-18(22)14-4-2-3-5-14)16-12-15(19)6-7-17(16)21-8-10-23-11-9-21/h4,6-7,12-13H,2-3,5,8-11H2,1H3,(H,20,22)/t13-/m0/s1. The monoisotopic (exact) mass is 318 g/mol. The minimum absolute atomic E-state index is 0.0350. The van der Waals surface area contributed by atoms with Crippen LogP contribution in [0.1, 0.15) is 37.8 Å². The molecule has 1 N–H and O–H groups in total. The summed E-state index contributed by atoms with van der Waals surface area (Å²) in [5, 5.41) is 3.01. The Balaban J connectivity index is 1.79. The van der Waals surface area contributed by atoms with Crippen LogP contribution < -0.4 is 10.2 Å². The number of carbonyl (C=O) groups excluding carboxylic acids is 1. The zero-order valence-corrected chi connectivity index (χ0v) is 13.5. The van der Waals surface area contributed by atoms with Crippen molar-refractivity contribution in [1.29, 1.82) is 0 Å². The quantitative estimate of drug-likeness (QED) is 0.928. The van der Waals surface area contributed by atoms with Crippen molar-refractivity contribution in [2.45, 2.75) is 32.2 Å². The fraction of sp³-hybridized carbons (Fsp3) is 0.500. The molecule has 124 valence electrons. The summed E-state index contributed by atoms with van der Waals surface area (Å²) in [6.07, 6.45) is 4.83. The minimum Gasteiger partial charge on any atom is -0.378 e. The molecule has 0 aromatic heterocycles. The van der Waals surface area contributed by atoms with Crippen LogP contribution in [-0.2, 0) is 9.53 Å². The maximum atomic E-state index is 13.7. The van der Waals surface area contributed by atoms with Gasteiger partial charge < -0.3 is 15.0 Å². The Labute approximate surface area is 136 Å². The molecule has 1 saturated heterocycles. The third kappa shape index (κ3) is 3.72. The number of ether oxygens (including phenoxy) is 1. The second kappa shape index (κ2) is 7.13. The molecule has 1 heterocycles. The molecule has 0 unspecified atom stereocenters. The van der Waals surface area contributed by atoms with Gasteiger partial charge in [-0.25, -0.2) is 4.39 Å². The van der Waals surface area contributed by atoms with Gasteiger partial charge in [0.2, 0.25) is 5.91 Å². The first kappa shape index (κ1) is 16.0. The summed E-state index contributed by atoms with van der Waals surface area (Å²) >= 11 is 0. The van der Waals surface area contributed by atoms with Gasteiger partial charge in [-0.15, -0.1) is 0 Å². The normalized spacial score (nSPS) is 19.4. The summed E-state index contributed by atoms with van der Waals surface area (Å²) < 4.78 is 19.1. The molecule has 1 amide bonds. The number of nitrogens with one attached hydrogen (secondary N) is 1. The molecule has 1 atom stereocenters. The van der Waals surface area contributed by atoms with Crippen LogP contribution in [0.2, 0.25) is 0 Å². The fourth-order valence-electron chi connectivity index (χ4n) is 3.21. The van der Waals surface area contributed by atoms with E-state index in [1.807, 2.05) is 13.0 Å². The molecule has 5 heteroatoms. The molecule has 0 spiro atoms. The molecule has 0 saturated carbocycles. The third-order valence-corrected chi connectivity index (χ3v) is 4.49. The van der Waals surface area contributed by atoms with Crippen LogP contribution in [0.3, 0.4) is 0 Å². The number of nitrogens with zero attached hydrogens (tertiary/aromatic N) is 1. The highest BCUT2D eigenvalue weighted by Crippen LogP contribution is 2.29. The highest BCUT2D eigenvalue weighted by Gasteiger charge is 2.21. The number of hydrogen-bond acceptors (Lipinski definition) is 3. The maximum absolute atomic E-state index is 13.7. The van der Waals surface area contributed by atoms with Gasteiger partial charge in [-0.2, -0.15) is 0 Å². The predicted molar refractivity (Wildman–Crippen MR) is 87.9 cm³/mol. The first-order valence-electron chi connectivity index (χ1n) is 8.27. The van der Waals surface area contributed by atoms with Gasteiger partial charge in [0.25, 0.3) is 0 Å². The van der Waals surface area contributed by atoms with E-state index in [9.17, 15) is 9.18 Å². The van der Waals surface area contributed by atoms with Gasteiger partial charge in [0.1, 0.15) is 5.82 Å². The maximum Gasteiger partial charge on any atom is 0.247 e. The van der Waals surface area contributed by atoms with E-state index < -0.39 is 0 Å². The Morgan fingerprint density at radius 2 is 2.13 bits per heavy atom. The summed E-state index contributed by atoms with van der Waals surface area (Å²) in [4.78, 5) is 14.5. The lowest BCUT2D eigenvalue weighted by Crippen LogP contribution is -2.37. The molecule has 1 aliphatic heterocycles. The van der Waals surface area contributed by atoms with Crippen LogP contribution >= 0.6 is 0 Å². The zero-order chi connectivity index (χ0) is 16.2. The SMILES string of the molecule is C[C@H](NC(=O)C1=CCCC1)c1cc(F)ccc1N1CCOCC1. The number of rotatable bonds is 4. The van der Waals surface area contributed by atoms with E-state index in [1.165, 1.54) is 12.1 Å². The van der Waals surface area contributed by atoms with E-state index in [4.69, 9.17) is 4.74 Å². The number of allylic oxidation sites excluding steroid dienone is 1. The second-order valence-electron chi connectivity index (χ2n) is 6.12. The highest BCUT2D eigenvalue weighted by molar-refractivity contribution is 5.94. The lowest BCUT2D eigenvalue weighted by Gasteiger charge is -2.32. The Kier molecular flexibility index (Phi) is 4.96. The molecule has 0 radical (unpaired) electrons. The summed E-state index contributed by atoms with van der Waals surface area (Å²) in [6, 6.07) is 4.56. The molecule has 1 fully saturated rings. The average Bonchev–Trinajstić information content (AvgIpc) is 3.10. The second-order valence-corrected chi connectivity index (χ2v) is 6.12. The van der Waals surface area contributed by atoms with Crippen LogP contribution in [0.5, 0.6) is 0 Å². The van der Waals surface area contributed by atoms with Crippen molar-refractivity contribution >= 4 is 11.6 Å². The lowest BCUT2D eigenvalue weighted by molar-refractivity contribution is -0.118.